The summed E-state index contributed by atoms with van der Waals surface area (Å²) in [6.07, 6.45) is 0.997. The lowest BCUT2D eigenvalue weighted by molar-refractivity contribution is 0.131. The predicted octanol–water partition coefficient (Wildman–Crippen LogP) is 0.556. The highest BCUT2D eigenvalue weighted by Gasteiger charge is 2.05. The first-order valence-electron chi connectivity index (χ1n) is 2.52. The van der Waals surface area contributed by atoms with Crippen LogP contribution in [0.1, 0.15) is 6.92 Å². The van der Waals surface area contributed by atoms with Gasteiger partial charge in [0.25, 0.3) is 0 Å². The number of ether oxygens (including phenoxy) is 1. The molecular weight excluding hydrogens is 120 g/mol. The number of nitriles is 1. The van der Waals surface area contributed by atoms with Gasteiger partial charge in [-0.2, -0.15) is 5.26 Å². The average Bonchev–Trinajstić information content (AvgIpc) is 1.87. The summed E-state index contributed by atoms with van der Waals surface area (Å²) in [5, 5.41) is 8.11. The van der Waals surface area contributed by atoms with E-state index in [-0.39, 0.29) is 0 Å². The second-order valence-electron chi connectivity index (χ2n) is 1.36. The molecule has 0 saturated carbocycles. The number of carbonyl (C=O) groups excluding carboxylic acids is 1. The molecule has 0 spiro atoms. The SMILES string of the molecule is CCOC(=O)N(C)C#N. The molecule has 0 aliphatic heterocycles. The van der Waals surface area contributed by atoms with Crippen molar-refractivity contribution in [1.82, 2.24) is 4.90 Å². The van der Waals surface area contributed by atoms with E-state index in [1.54, 1.807) is 13.1 Å². The van der Waals surface area contributed by atoms with Crippen LogP contribution >= 0.6 is 0 Å². The number of rotatable bonds is 1. The maximum absolute atomic E-state index is 10.5. The van der Waals surface area contributed by atoms with E-state index in [9.17, 15) is 4.79 Å². The molecule has 0 aromatic carbocycles. The summed E-state index contributed by atoms with van der Waals surface area (Å²) >= 11 is 0. The van der Waals surface area contributed by atoms with Crippen molar-refractivity contribution in [2.45, 2.75) is 6.92 Å². The summed E-state index contributed by atoms with van der Waals surface area (Å²) in [5.74, 6) is 0. The maximum Gasteiger partial charge on any atom is 0.422 e. The molecule has 0 atom stereocenters. The molecule has 0 N–H and O–H groups in total. The summed E-state index contributed by atoms with van der Waals surface area (Å²) in [7, 11) is 1.35. The fraction of sp³-hybridized carbons (Fsp3) is 0.600. The molecule has 4 nitrogen and oxygen atoms in total. The number of amides is 1. The smallest absolute Gasteiger partial charge is 0.422 e. The zero-order valence-electron chi connectivity index (χ0n) is 5.42. The molecule has 0 fully saturated rings. The minimum atomic E-state index is -0.611. The van der Waals surface area contributed by atoms with Crippen LogP contribution < -0.4 is 0 Å². The van der Waals surface area contributed by atoms with Crippen LogP contribution in [-0.2, 0) is 4.74 Å². The van der Waals surface area contributed by atoms with Crippen LogP contribution in [0.2, 0.25) is 0 Å². The minimum absolute atomic E-state index is 0.296. The number of nitrogens with zero attached hydrogens (tertiary/aromatic N) is 2. The van der Waals surface area contributed by atoms with Gasteiger partial charge in [0.2, 0.25) is 0 Å². The normalized spacial score (nSPS) is 7.67. The predicted molar refractivity (Wildman–Crippen MR) is 30.4 cm³/mol. The quantitative estimate of drug-likeness (QED) is 0.383. The highest BCUT2D eigenvalue weighted by Crippen LogP contribution is 1.85. The van der Waals surface area contributed by atoms with Crippen molar-refractivity contribution in [2.24, 2.45) is 0 Å². The number of carbonyl (C=O) groups is 1. The third-order valence-corrected chi connectivity index (χ3v) is 0.692. The Morgan fingerprint density at radius 3 is 2.78 bits per heavy atom. The summed E-state index contributed by atoms with van der Waals surface area (Å²) in [4.78, 5) is 11.3. The fourth-order valence-corrected chi connectivity index (χ4v) is 0.261. The Hall–Kier alpha value is -1.24. The Morgan fingerprint density at radius 1 is 1.89 bits per heavy atom. The molecule has 0 unspecified atom stereocenters. The van der Waals surface area contributed by atoms with Gasteiger partial charge in [0.05, 0.1) is 6.61 Å². The van der Waals surface area contributed by atoms with Gasteiger partial charge >= 0.3 is 6.09 Å². The first-order chi connectivity index (χ1) is 4.22. The first-order valence-corrected chi connectivity index (χ1v) is 2.52. The van der Waals surface area contributed by atoms with Gasteiger partial charge in [0.1, 0.15) is 0 Å². The van der Waals surface area contributed by atoms with E-state index >= 15 is 0 Å². The summed E-state index contributed by atoms with van der Waals surface area (Å²) in [5.41, 5.74) is 0. The first kappa shape index (κ1) is 7.76. The average molecular weight is 128 g/mol. The maximum atomic E-state index is 10.5. The molecule has 0 aliphatic rings. The van der Waals surface area contributed by atoms with Crippen molar-refractivity contribution in [3.63, 3.8) is 0 Å². The third-order valence-electron chi connectivity index (χ3n) is 0.692. The molecule has 1 amide bonds. The molecular formula is C5H8N2O2. The monoisotopic (exact) mass is 128 g/mol. The topological polar surface area (TPSA) is 53.3 Å². The number of hydrogen-bond acceptors (Lipinski definition) is 3. The van der Waals surface area contributed by atoms with Gasteiger partial charge < -0.3 is 4.74 Å². The third kappa shape index (κ3) is 2.54. The molecule has 0 aliphatic carbocycles. The van der Waals surface area contributed by atoms with Crippen molar-refractivity contribution in [3.8, 4) is 6.19 Å². The van der Waals surface area contributed by atoms with Crippen molar-refractivity contribution < 1.29 is 9.53 Å². The number of hydrogen-bond donors (Lipinski definition) is 0. The van der Waals surface area contributed by atoms with E-state index in [4.69, 9.17) is 5.26 Å². The Morgan fingerprint density at radius 2 is 2.44 bits per heavy atom. The second-order valence-corrected chi connectivity index (χ2v) is 1.36. The molecule has 0 aromatic rings. The van der Waals surface area contributed by atoms with Crippen molar-refractivity contribution in [1.29, 1.82) is 5.26 Å². The Bertz CT molecular complexity index is 138. The molecule has 50 valence electrons. The van der Waals surface area contributed by atoms with E-state index in [0.29, 0.717) is 6.61 Å². The van der Waals surface area contributed by atoms with Gasteiger partial charge in [0, 0.05) is 7.05 Å². The lowest BCUT2D eigenvalue weighted by Crippen LogP contribution is -2.21. The van der Waals surface area contributed by atoms with Crippen molar-refractivity contribution in [2.75, 3.05) is 13.7 Å². The summed E-state index contributed by atoms with van der Waals surface area (Å²) in [6.45, 7) is 1.98. The van der Waals surface area contributed by atoms with Gasteiger partial charge in [-0.05, 0) is 6.92 Å². The molecule has 9 heavy (non-hydrogen) atoms. The van der Waals surface area contributed by atoms with Crippen LogP contribution in [-0.4, -0.2) is 24.6 Å². The highest BCUT2D eigenvalue weighted by molar-refractivity contribution is 5.68. The Balaban J connectivity index is 3.63. The van der Waals surface area contributed by atoms with E-state index in [0.717, 1.165) is 4.90 Å². The zero-order chi connectivity index (χ0) is 7.28. The van der Waals surface area contributed by atoms with E-state index in [1.807, 2.05) is 0 Å². The Kier molecular flexibility index (Phi) is 3.21. The van der Waals surface area contributed by atoms with Gasteiger partial charge in [-0.15, -0.1) is 0 Å². The van der Waals surface area contributed by atoms with E-state index in [2.05, 4.69) is 4.74 Å². The van der Waals surface area contributed by atoms with Crippen molar-refractivity contribution >= 4 is 6.09 Å². The van der Waals surface area contributed by atoms with Crippen LogP contribution in [0.5, 0.6) is 0 Å². The van der Waals surface area contributed by atoms with E-state index < -0.39 is 6.09 Å². The molecule has 0 rings (SSSR count). The lowest BCUT2D eigenvalue weighted by Gasteiger charge is -2.04. The largest absolute Gasteiger partial charge is 0.449 e. The van der Waals surface area contributed by atoms with Crippen LogP contribution in [0.4, 0.5) is 4.79 Å². The standard InChI is InChI=1S/C5H8N2O2/c1-3-9-5(8)7(2)4-6/h3H2,1-2H3. The van der Waals surface area contributed by atoms with Gasteiger partial charge in [0.15, 0.2) is 6.19 Å². The van der Waals surface area contributed by atoms with E-state index in [1.165, 1.54) is 7.05 Å². The van der Waals surface area contributed by atoms with Crippen LogP contribution in [0, 0.1) is 11.5 Å². The van der Waals surface area contributed by atoms with Crippen molar-refractivity contribution in [3.05, 3.63) is 0 Å². The molecule has 0 saturated heterocycles. The van der Waals surface area contributed by atoms with Crippen LogP contribution in [0.25, 0.3) is 0 Å². The molecule has 0 radical (unpaired) electrons. The molecule has 0 aromatic heterocycles. The molecule has 0 bridgehead atoms. The minimum Gasteiger partial charge on any atom is -0.449 e. The molecule has 0 heterocycles. The van der Waals surface area contributed by atoms with Gasteiger partial charge in [-0.1, -0.05) is 0 Å². The highest BCUT2D eigenvalue weighted by atomic mass is 16.5. The Labute approximate surface area is 53.6 Å². The second kappa shape index (κ2) is 3.72. The molecule has 4 heteroatoms. The summed E-state index contributed by atoms with van der Waals surface area (Å²) in [6, 6.07) is 0. The summed E-state index contributed by atoms with van der Waals surface area (Å²) < 4.78 is 4.46. The zero-order valence-corrected chi connectivity index (χ0v) is 5.42. The van der Waals surface area contributed by atoms with Gasteiger partial charge in [-0.3, -0.25) is 0 Å². The van der Waals surface area contributed by atoms with Gasteiger partial charge in [-0.25, -0.2) is 9.69 Å². The fourth-order valence-electron chi connectivity index (χ4n) is 0.261. The van der Waals surface area contributed by atoms with Crippen LogP contribution in [0.15, 0.2) is 0 Å². The lowest BCUT2D eigenvalue weighted by atomic mass is 10.8. The van der Waals surface area contributed by atoms with Crippen LogP contribution in [0.3, 0.4) is 0 Å².